The maximum absolute atomic E-state index is 14.2. The first-order valence-electron chi connectivity index (χ1n) is 9.15. The minimum atomic E-state index is -0.752. The summed E-state index contributed by atoms with van der Waals surface area (Å²) in [4.78, 5) is 7.64. The van der Waals surface area contributed by atoms with Crippen LogP contribution in [-0.2, 0) is 0 Å². The van der Waals surface area contributed by atoms with Gasteiger partial charge in [-0.1, -0.05) is 18.9 Å². The number of hydrogen-bond donors (Lipinski definition) is 2. The van der Waals surface area contributed by atoms with Gasteiger partial charge in [0.15, 0.2) is 11.6 Å². The van der Waals surface area contributed by atoms with Crippen LogP contribution >= 0.6 is 11.9 Å². The van der Waals surface area contributed by atoms with Crippen molar-refractivity contribution in [2.24, 2.45) is 0 Å². The molecule has 0 aliphatic heterocycles. The van der Waals surface area contributed by atoms with Gasteiger partial charge in [0.25, 0.3) is 0 Å². The van der Waals surface area contributed by atoms with Crippen molar-refractivity contribution in [3.63, 3.8) is 0 Å². The van der Waals surface area contributed by atoms with Crippen molar-refractivity contribution in [2.45, 2.75) is 13.8 Å². The van der Waals surface area contributed by atoms with Gasteiger partial charge in [0, 0.05) is 40.3 Å². The quantitative estimate of drug-likeness (QED) is 0.347. The van der Waals surface area contributed by atoms with Gasteiger partial charge in [-0.15, -0.1) is 0 Å². The molecule has 0 spiro atoms. The predicted molar refractivity (Wildman–Crippen MR) is 114 cm³/mol. The molecule has 4 nitrogen and oxygen atoms in total. The number of aromatic amines is 1. The third-order valence-corrected chi connectivity index (χ3v) is 5.04. The summed E-state index contributed by atoms with van der Waals surface area (Å²) in [5.41, 5.74) is 4.20. The lowest BCUT2D eigenvalue weighted by Crippen LogP contribution is -1.95. The lowest BCUT2D eigenvalue weighted by molar-refractivity contribution is 0.439. The van der Waals surface area contributed by atoms with E-state index in [2.05, 4.69) is 21.6 Å². The Balaban J connectivity index is 1.86. The summed E-state index contributed by atoms with van der Waals surface area (Å²) in [6.07, 6.45) is 1.83. The molecule has 0 atom stereocenters. The third-order valence-electron chi connectivity index (χ3n) is 4.37. The van der Waals surface area contributed by atoms with E-state index in [4.69, 9.17) is 4.74 Å². The van der Waals surface area contributed by atoms with Gasteiger partial charge in [-0.3, -0.25) is 0 Å². The van der Waals surface area contributed by atoms with Crippen LogP contribution in [0.5, 0.6) is 11.5 Å². The third kappa shape index (κ3) is 4.05. The maximum Gasteiger partial charge on any atom is 0.168 e. The summed E-state index contributed by atoms with van der Waals surface area (Å²) in [5, 5.41) is 0.931. The van der Waals surface area contributed by atoms with Crippen molar-refractivity contribution in [1.82, 2.24) is 9.97 Å². The van der Waals surface area contributed by atoms with Gasteiger partial charge >= 0.3 is 0 Å². The molecule has 4 rings (SSSR count). The molecular weight excluding hydrogens is 392 g/mol. The molecule has 7 heteroatoms. The van der Waals surface area contributed by atoms with Crippen LogP contribution in [0.4, 0.5) is 14.5 Å². The van der Waals surface area contributed by atoms with Gasteiger partial charge in [-0.05, 0) is 55.0 Å². The van der Waals surface area contributed by atoms with E-state index in [-0.39, 0.29) is 5.75 Å². The van der Waals surface area contributed by atoms with E-state index in [1.165, 1.54) is 12.1 Å². The van der Waals surface area contributed by atoms with Gasteiger partial charge in [0.05, 0.1) is 0 Å². The molecule has 0 fully saturated rings. The van der Waals surface area contributed by atoms with Crippen LogP contribution < -0.4 is 9.46 Å². The fraction of sp³-hybridized carbons (Fsp3) is 0.136. The van der Waals surface area contributed by atoms with Crippen LogP contribution in [0.3, 0.4) is 0 Å². The number of rotatable bonds is 6. The Morgan fingerprint density at radius 3 is 2.66 bits per heavy atom. The van der Waals surface area contributed by atoms with Crippen molar-refractivity contribution >= 4 is 28.7 Å². The molecule has 0 unspecified atom stereocenters. The largest absolute Gasteiger partial charge is 0.454 e. The zero-order chi connectivity index (χ0) is 20.4. The molecule has 2 heterocycles. The molecule has 0 aliphatic carbocycles. The molecule has 29 heavy (non-hydrogen) atoms. The molecule has 0 aliphatic rings. The van der Waals surface area contributed by atoms with Crippen molar-refractivity contribution in [3.05, 3.63) is 72.1 Å². The number of anilines is 1. The number of H-pyrrole nitrogens is 1. The average molecular weight is 411 g/mol. The molecule has 2 N–H and O–H groups in total. The molecule has 2 aromatic carbocycles. The Morgan fingerprint density at radius 2 is 1.86 bits per heavy atom. The highest BCUT2D eigenvalue weighted by Crippen LogP contribution is 2.39. The summed E-state index contributed by atoms with van der Waals surface area (Å²) >= 11 is 1.58. The van der Waals surface area contributed by atoms with Crippen LogP contribution in [0.25, 0.3) is 22.2 Å². The molecule has 0 saturated heterocycles. The number of hydrogen-bond acceptors (Lipinski definition) is 4. The highest BCUT2D eigenvalue weighted by molar-refractivity contribution is 8.00. The average Bonchev–Trinajstić information content (AvgIpc) is 3.17. The van der Waals surface area contributed by atoms with Crippen molar-refractivity contribution < 1.29 is 13.5 Å². The zero-order valence-electron chi connectivity index (χ0n) is 15.9. The standard InChI is InChI=1S/C22H19F2N3OS/c1-3-29-27-15-5-7-20(28-21-6-4-14(23)11-19(21)24)18(12-15)17-10-13(2)26-22-16(17)8-9-25-22/h4-12,27H,3H2,1-2H3,(H,25,26). The van der Waals surface area contributed by atoms with E-state index in [9.17, 15) is 8.78 Å². The number of nitrogens with zero attached hydrogens (tertiary/aromatic N) is 1. The summed E-state index contributed by atoms with van der Waals surface area (Å²) in [7, 11) is 0. The molecular formula is C22H19F2N3OS. The monoisotopic (exact) mass is 411 g/mol. The van der Waals surface area contributed by atoms with Gasteiger partial charge < -0.3 is 14.4 Å². The van der Waals surface area contributed by atoms with E-state index in [1.807, 2.05) is 37.4 Å². The van der Waals surface area contributed by atoms with Gasteiger partial charge in [-0.2, -0.15) is 0 Å². The van der Waals surface area contributed by atoms with Crippen LogP contribution in [0.2, 0.25) is 0 Å². The number of aryl methyl sites for hydroxylation is 1. The normalized spacial score (nSPS) is 11.0. The van der Waals surface area contributed by atoms with Crippen molar-refractivity contribution in [3.8, 4) is 22.6 Å². The fourth-order valence-electron chi connectivity index (χ4n) is 3.11. The molecule has 4 aromatic rings. The first-order valence-corrected chi connectivity index (χ1v) is 10.1. The second-order valence-electron chi connectivity index (χ2n) is 6.47. The van der Waals surface area contributed by atoms with Crippen LogP contribution in [0, 0.1) is 18.6 Å². The minimum absolute atomic E-state index is 0.0348. The summed E-state index contributed by atoms with van der Waals surface area (Å²) in [6, 6.07) is 12.8. The van der Waals surface area contributed by atoms with E-state index >= 15 is 0 Å². The number of fused-ring (bicyclic) bond motifs is 1. The van der Waals surface area contributed by atoms with Crippen LogP contribution in [0.15, 0.2) is 54.7 Å². The van der Waals surface area contributed by atoms with E-state index < -0.39 is 11.6 Å². The van der Waals surface area contributed by atoms with Crippen molar-refractivity contribution in [2.75, 3.05) is 10.5 Å². The number of halogens is 2. The van der Waals surface area contributed by atoms with E-state index in [1.54, 1.807) is 18.0 Å². The summed E-state index contributed by atoms with van der Waals surface area (Å²) < 4.78 is 36.6. The number of nitrogens with one attached hydrogen (secondary N) is 2. The lowest BCUT2D eigenvalue weighted by atomic mass is 10.0. The molecule has 2 aromatic heterocycles. The molecule has 0 radical (unpaired) electrons. The maximum atomic E-state index is 14.2. The van der Waals surface area contributed by atoms with Gasteiger partial charge in [0.1, 0.15) is 17.2 Å². The lowest BCUT2D eigenvalue weighted by Gasteiger charge is -2.15. The first-order chi connectivity index (χ1) is 14.0. The van der Waals surface area contributed by atoms with Gasteiger partial charge in [0.2, 0.25) is 0 Å². The Morgan fingerprint density at radius 1 is 1.03 bits per heavy atom. The molecule has 148 valence electrons. The molecule has 0 bridgehead atoms. The molecule has 0 amide bonds. The zero-order valence-corrected chi connectivity index (χ0v) is 16.7. The van der Waals surface area contributed by atoms with Crippen molar-refractivity contribution in [1.29, 1.82) is 0 Å². The van der Waals surface area contributed by atoms with Gasteiger partial charge in [-0.25, -0.2) is 13.8 Å². The Hall–Kier alpha value is -3.06. The number of benzene rings is 2. The second-order valence-corrected chi connectivity index (χ2v) is 7.54. The fourth-order valence-corrected chi connectivity index (χ4v) is 3.55. The summed E-state index contributed by atoms with van der Waals surface area (Å²) in [5.74, 6) is -0.0597. The Kier molecular flexibility index (Phi) is 5.40. The highest BCUT2D eigenvalue weighted by atomic mass is 32.2. The topological polar surface area (TPSA) is 49.9 Å². The second kappa shape index (κ2) is 8.13. The number of aromatic nitrogens is 2. The Labute approximate surface area is 171 Å². The minimum Gasteiger partial charge on any atom is -0.454 e. The van der Waals surface area contributed by atoms with E-state index in [0.717, 1.165) is 45.4 Å². The number of ether oxygens (including phenoxy) is 1. The predicted octanol–water partition coefficient (Wildman–Crippen LogP) is 6.69. The first kappa shape index (κ1) is 19.3. The van der Waals surface area contributed by atoms with E-state index in [0.29, 0.717) is 5.75 Å². The summed E-state index contributed by atoms with van der Waals surface area (Å²) in [6.45, 7) is 3.97. The highest BCUT2D eigenvalue weighted by Gasteiger charge is 2.16. The smallest absolute Gasteiger partial charge is 0.168 e. The number of pyridine rings is 1. The SMILES string of the molecule is CCSNc1ccc(Oc2ccc(F)cc2F)c(-c2cc(C)nc3[nH]ccc23)c1. The molecule has 0 saturated carbocycles. The van der Waals surface area contributed by atoms with Crippen LogP contribution in [0.1, 0.15) is 12.6 Å². The van der Waals surface area contributed by atoms with Crippen LogP contribution in [-0.4, -0.2) is 15.7 Å². The Bertz CT molecular complexity index is 1180.